The summed E-state index contributed by atoms with van der Waals surface area (Å²) in [6.07, 6.45) is -0.436. The van der Waals surface area contributed by atoms with Crippen molar-refractivity contribution in [2.75, 3.05) is 27.2 Å². The van der Waals surface area contributed by atoms with Crippen LogP contribution in [-0.4, -0.2) is 55.1 Å². The monoisotopic (exact) mass is 186 g/mol. The van der Waals surface area contributed by atoms with E-state index in [1.807, 2.05) is 6.92 Å². The second-order valence-corrected chi connectivity index (χ2v) is 3.22. The third kappa shape index (κ3) is 1.91. The highest BCUT2D eigenvalue weighted by Gasteiger charge is 2.30. The molecule has 74 valence electrons. The maximum absolute atomic E-state index is 11.2. The third-order valence-corrected chi connectivity index (χ3v) is 2.21. The van der Waals surface area contributed by atoms with Gasteiger partial charge in [-0.1, -0.05) is 0 Å². The van der Waals surface area contributed by atoms with Gasteiger partial charge in [-0.3, -0.25) is 9.69 Å². The topological polar surface area (TPSA) is 49.9 Å². The minimum absolute atomic E-state index is 0.0233. The highest BCUT2D eigenvalue weighted by atomic mass is 16.5. The molecule has 0 bridgehead atoms. The third-order valence-electron chi connectivity index (χ3n) is 2.21. The first-order valence-electron chi connectivity index (χ1n) is 4.14. The fraction of sp³-hybridized carbons (Fsp3) is 0.750. The van der Waals surface area contributed by atoms with Crippen molar-refractivity contribution in [3.63, 3.8) is 0 Å². The van der Waals surface area contributed by atoms with Gasteiger partial charge >= 0.3 is 6.09 Å². The minimum Gasteiger partial charge on any atom is -0.453 e. The molecule has 0 aromatic rings. The molecule has 13 heavy (non-hydrogen) atoms. The summed E-state index contributed by atoms with van der Waals surface area (Å²) in [5, 5.41) is 0. The van der Waals surface area contributed by atoms with Crippen molar-refractivity contribution in [2.45, 2.75) is 13.0 Å². The molecule has 5 nitrogen and oxygen atoms in total. The molecular formula is C8H14N2O3. The van der Waals surface area contributed by atoms with E-state index < -0.39 is 6.09 Å². The molecule has 1 unspecified atom stereocenters. The molecule has 0 aromatic carbocycles. The van der Waals surface area contributed by atoms with Gasteiger partial charge in [0.2, 0.25) is 5.91 Å². The number of hydrogen-bond acceptors (Lipinski definition) is 3. The largest absolute Gasteiger partial charge is 0.453 e. The SMILES string of the molecule is COC(=O)N1CC(=O)N(C)CC1C. The Labute approximate surface area is 77.2 Å². The van der Waals surface area contributed by atoms with E-state index in [1.54, 1.807) is 11.9 Å². The zero-order chi connectivity index (χ0) is 10.0. The summed E-state index contributed by atoms with van der Waals surface area (Å²) in [5.41, 5.74) is 0. The van der Waals surface area contributed by atoms with Crippen LogP contribution in [0, 0.1) is 0 Å². The molecule has 5 heteroatoms. The summed E-state index contributed by atoms with van der Waals surface area (Å²) in [4.78, 5) is 25.5. The Morgan fingerprint density at radius 2 is 2.23 bits per heavy atom. The zero-order valence-corrected chi connectivity index (χ0v) is 8.11. The van der Waals surface area contributed by atoms with Crippen molar-refractivity contribution in [3.8, 4) is 0 Å². The number of amides is 2. The number of carbonyl (C=O) groups is 2. The second kappa shape index (κ2) is 3.64. The molecule has 1 fully saturated rings. The van der Waals surface area contributed by atoms with Crippen molar-refractivity contribution in [1.29, 1.82) is 0 Å². The van der Waals surface area contributed by atoms with Crippen LogP contribution in [0.4, 0.5) is 4.79 Å². The molecule has 0 aromatic heterocycles. The van der Waals surface area contributed by atoms with Gasteiger partial charge in [0.1, 0.15) is 6.54 Å². The summed E-state index contributed by atoms with van der Waals surface area (Å²) in [7, 11) is 3.05. The molecule has 0 saturated carbocycles. The maximum atomic E-state index is 11.2. The highest BCUT2D eigenvalue weighted by molar-refractivity contribution is 5.83. The first-order chi connectivity index (χ1) is 6.06. The second-order valence-electron chi connectivity index (χ2n) is 3.22. The Morgan fingerprint density at radius 1 is 1.62 bits per heavy atom. The van der Waals surface area contributed by atoms with Crippen LogP contribution in [0.2, 0.25) is 0 Å². The number of hydrogen-bond donors (Lipinski definition) is 0. The average Bonchev–Trinajstić information content (AvgIpc) is 2.10. The Kier molecular flexibility index (Phi) is 2.75. The van der Waals surface area contributed by atoms with Crippen molar-refractivity contribution in [1.82, 2.24) is 9.80 Å². The van der Waals surface area contributed by atoms with Gasteiger partial charge in [0, 0.05) is 13.6 Å². The van der Waals surface area contributed by atoms with Gasteiger partial charge in [0.25, 0.3) is 0 Å². The Bertz CT molecular complexity index is 229. The summed E-state index contributed by atoms with van der Waals surface area (Å²) in [6.45, 7) is 2.57. The molecule has 0 N–H and O–H groups in total. The van der Waals surface area contributed by atoms with Crippen LogP contribution in [0.25, 0.3) is 0 Å². The minimum atomic E-state index is -0.436. The van der Waals surface area contributed by atoms with E-state index in [-0.39, 0.29) is 18.5 Å². The van der Waals surface area contributed by atoms with Crippen molar-refractivity contribution < 1.29 is 14.3 Å². The van der Waals surface area contributed by atoms with E-state index in [2.05, 4.69) is 4.74 Å². The van der Waals surface area contributed by atoms with E-state index in [4.69, 9.17) is 0 Å². The number of likely N-dealkylation sites (N-methyl/N-ethyl adjacent to an activating group) is 1. The van der Waals surface area contributed by atoms with Crippen LogP contribution >= 0.6 is 0 Å². The summed E-state index contributed by atoms with van der Waals surface area (Å²) >= 11 is 0. The predicted molar refractivity (Wildman–Crippen MR) is 46.2 cm³/mol. The number of rotatable bonds is 0. The van der Waals surface area contributed by atoms with Crippen molar-refractivity contribution in [2.24, 2.45) is 0 Å². The molecular weight excluding hydrogens is 172 g/mol. The summed E-state index contributed by atoms with van der Waals surface area (Å²) in [6, 6.07) is 0.0233. The van der Waals surface area contributed by atoms with E-state index >= 15 is 0 Å². The van der Waals surface area contributed by atoms with Gasteiger partial charge in [0.15, 0.2) is 0 Å². The zero-order valence-electron chi connectivity index (χ0n) is 8.11. The Balaban J connectivity index is 2.66. The molecule has 0 aliphatic carbocycles. The lowest BCUT2D eigenvalue weighted by molar-refractivity contribution is -0.135. The predicted octanol–water partition coefficient (Wildman–Crippen LogP) is -0.0847. The maximum Gasteiger partial charge on any atom is 0.410 e. The average molecular weight is 186 g/mol. The van der Waals surface area contributed by atoms with E-state index in [9.17, 15) is 9.59 Å². The number of carbonyl (C=O) groups excluding carboxylic acids is 2. The number of nitrogens with zero attached hydrogens (tertiary/aromatic N) is 2. The fourth-order valence-electron chi connectivity index (χ4n) is 1.38. The fourth-order valence-corrected chi connectivity index (χ4v) is 1.38. The molecule has 2 amide bonds. The van der Waals surface area contributed by atoms with Crippen LogP contribution in [0.1, 0.15) is 6.92 Å². The van der Waals surface area contributed by atoms with Gasteiger partial charge in [-0.15, -0.1) is 0 Å². The van der Waals surface area contributed by atoms with Crippen LogP contribution in [0.5, 0.6) is 0 Å². The number of ether oxygens (including phenoxy) is 1. The number of methoxy groups -OCH3 is 1. The lowest BCUT2D eigenvalue weighted by Gasteiger charge is -2.36. The van der Waals surface area contributed by atoms with Crippen molar-refractivity contribution in [3.05, 3.63) is 0 Å². The van der Waals surface area contributed by atoms with Gasteiger partial charge in [-0.25, -0.2) is 4.79 Å². The van der Waals surface area contributed by atoms with E-state index in [0.717, 1.165) is 0 Å². The smallest absolute Gasteiger partial charge is 0.410 e. The van der Waals surface area contributed by atoms with Gasteiger partial charge in [-0.2, -0.15) is 0 Å². The molecule has 0 spiro atoms. The van der Waals surface area contributed by atoms with E-state index in [0.29, 0.717) is 6.54 Å². The van der Waals surface area contributed by atoms with Crippen LogP contribution in [-0.2, 0) is 9.53 Å². The standard InChI is InChI=1S/C8H14N2O3/c1-6-4-9(2)7(11)5-10(6)8(12)13-3/h6H,4-5H2,1-3H3. The summed E-state index contributed by atoms with van der Waals surface area (Å²) < 4.78 is 4.56. The molecule has 1 aliphatic heterocycles. The quantitative estimate of drug-likeness (QED) is 0.531. The molecule has 1 saturated heterocycles. The first kappa shape index (κ1) is 9.83. The lowest BCUT2D eigenvalue weighted by Crippen LogP contribution is -2.55. The Morgan fingerprint density at radius 3 is 2.77 bits per heavy atom. The number of piperazine rings is 1. The van der Waals surface area contributed by atoms with Crippen LogP contribution in [0.15, 0.2) is 0 Å². The van der Waals surface area contributed by atoms with Gasteiger partial charge < -0.3 is 9.64 Å². The first-order valence-corrected chi connectivity index (χ1v) is 4.14. The van der Waals surface area contributed by atoms with Gasteiger partial charge in [-0.05, 0) is 6.92 Å². The normalized spacial score (nSPS) is 23.3. The molecule has 1 rings (SSSR count). The molecule has 1 aliphatic rings. The van der Waals surface area contributed by atoms with Crippen molar-refractivity contribution >= 4 is 12.0 Å². The highest BCUT2D eigenvalue weighted by Crippen LogP contribution is 2.09. The molecule has 1 heterocycles. The van der Waals surface area contributed by atoms with Gasteiger partial charge in [0.05, 0.1) is 13.2 Å². The lowest BCUT2D eigenvalue weighted by atomic mass is 10.2. The Hall–Kier alpha value is -1.26. The van der Waals surface area contributed by atoms with Crippen LogP contribution in [0.3, 0.4) is 0 Å². The summed E-state index contributed by atoms with van der Waals surface area (Å²) in [5.74, 6) is -0.0523. The molecule has 0 radical (unpaired) electrons. The molecule has 1 atom stereocenters. The van der Waals surface area contributed by atoms with Crippen LogP contribution < -0.4 is 0 Å². The van der Waals surface area contributed by atoms with E-state index in [1.165, 1.54) is 12.0 Å².